The molecular weight excluding hydrogens is 757 g/mol. The molecule has 3 amide bonds. The van der Waals surface area contributed by atoms with E-state index in [1.54, 1.807) is 14.0 Å². The van der Waals surface area contributed by atoms with Crippen LogP contribution in [0.1, 0.15) is 195 Å². The summed E-state index contributed by atoms with van der Waals surface area (Å²) >= 11 is 0. The molecule has 0 spiro atoms. The van der Waals surface area contributed by atoms with E-state index < -0.39 is 36.0 Å². The van der Waals surface area contributed by atoms with Crippen LogP contribution in [0.5, 0.6) is 0 Å². The smallest absolute Gasteiger partial charge is 0.328 e. The number of rotatable bonds is 40. The van der Waals surface area contributed by atoms with Crippen molar-refractivity contribution < 1.29 is 48.1 Å². The normalized spacial score (nSPS) is 12.6. The average molecular weight is 839 g/mol. The average Bonchev–Trinajstić information content (AvgIpc) is 3.18. The molecule has 0 aromatic carbocycles. The van der Waals surface area contributed by atoms with Gasteiger partial charge in [0.05, 0.1) is 13.2 Å². The molecule has 14 heteroatoms. The molecule has 0 saturated carbocycles. The van der Waals surface area contributed by atoms with Gasteiger partial charge in [-0.2, -0.15) is 0 Å². The van der Waals surface area contributed by atoms with E-state index in [9.17, 15) is 33.6 Å². The first-order valence-electron chi connectivity index (χ1n) is 22.9. The van der Waals surface area contributed by atoms with E-state index in [4.69, 9.17) is 14.6 Å². The van der Waals surface area contributed by atoms with Gasteiger partial charge in [0.25, 0.3) is 0 Å². The van der Waals surface area contributed by atoms with E-state index in [0.29, 0.717) is 64.3 Å². The fourth-order valence-electron chi connectivity index (χ4n) is 6.69. The number of hydrogen-bond donors (Lipinski definition) is 5. The zero-order valence-electron chi connectivity index (χ0n) is 37.4. The Balaban J connectivity index is 4.11. The Morgan fingerprint density at radius 1 is 0.525 bits per heavy atom. The Morgan fingerprint density at radius 2 is 0.966 bits per heavy atom. The standard InChI is InChI=1S/C45H82N4O10/c1-6-25-38(48-41(52)29-19-13-8-7-11-17-26-36(4)50)44(56)58-32-23-15-16-24-33-59-45(57)39(34-35(2)3)49-42(53)30-20-14-10-9-12-18-28-40(51)47-31-22-21-27-37(46-5)43(54)55/h35,37-39,46H,6-34H2,1-5H3,(H,47,51)(H,48,52)(H,49,53)(H,54,55). The Bertz CT molecular complexity index is 1180. The number of ketones is 1. The van der Waals surface area contributed by atoms with E-state index >= 15 is 0 Å². The van der Waals surface area contributed by atoms with Crippen molar-refractivity contribution in [1.82, 2.24) is 21.3 Å². The molecule has 0 aliphatic rings. The lowest BCUT2D eigenvalue weighted by Gasteiger charge is -2.19. The summed E-state index contributed by atoms with van der Waals surface area (Å²) in [4.78, 5) is 84.7. The van der Waals surface area contributed by atoms with Crippen LogP contribution in [0, 0.1) is 5.92 Å². The van der Waals surface area contributed by atoms with E-state index in [2.05, 4.69) is 21.3 Å². The molecule has 342 valence electrons. The monoisotopic (exact) mass is 839 g/mol. The zero-order chi connectivity index (χ0) is 44.1. The minimum atomic E-state index is -0.862. The summed E-state index contributed by atoms with van der Waals surface area (Å²) in [6.07, 6.45) is 19.6. The van der Waals surface area contributed by atoms with Gasteiger partial charge in [0.1, 0.15) is 23.9 Å². The van der Waals surface area contributed by atoms with Gasteiger partial charge in [-0.05, 0) is 103 Å². The highest BCUT2D eigenvalue weighted by molar-refractivity contribution is 5.85. The predicted octanol–water partition coefficient (Wildman–Crippen LogP) is 7.24. The first-order chi connectivity index (χ1) is 28.3. The molecule has 0 heterocycles. The number of esters is 2. The van der Waals surface area contributed by atoms with Crippen LogP contribution in [0.4, 0.5) is 0 Å². The number of amides is 3. The molecule has 0 aliphatic carbocycles. The van der Waals surface area contributed by atoms with Crippen molar-refractivity contribution >= 4 is 41.4 Å². The highest BCUT2D eigenvalue weighted by atomic mass is 16.5. The molecule has 0 aromatic heterocycles. The van der Waals surface area contributed by atoms with E-state index in [1.807, 2.05) is 20.8 Å². The van der Waals surface area contributed by atoms with E-state index in [0.717, 1.165) is 109 Å². The maximum Gasteiger partial charge on any atom is 0.328 e. The number of carbonyl (C=O) groups excluding carboxylic acids is 6. The van der Waals surface area contributed by atoms with Crippen LogP contribution >= 0.6 is 0 Å². The number of carboxylic acids is 1. The zero-order valence-corrected chi connectivity index (χ0v) is 37.4. The minimum absolute atomic E-state index is 0.0174. The first kappa shape index (κ1) is 55.5. The predicted molar refractivity (Wildman–Crippen MR) is 231 cm³/mol. The molecule has 0 fully saturated rings. The number of likely N-dealkylation sites (N-methyl/N-ethyl adjacent to an activating group) is 1. The minimum Gasteiger partial charge on any atom is -0.480 e. The van der Waals surface area contributed by atoms with Crippen LogP contribution in [-0.2, 0) is 43.0 Å². The molecule has 0 bridgehead atoms. The van der Waals surface area contributed by atoms with Gasteiger partial charge in [-0.3, -0.25) is 19.2 Å². The van der Waals surface area contributed by atoms with Gasteiger partial charge in [-0.15, -0.1) is 0 Å². The lowest BCUT2D eigenvalue weighted by Crippen LogP contribution is -2.42. The van der Waals surface area contributed by atoms with E-state index in [1.165, 1.54) is 0 Å². The molecule has 0 rings (SSSR count). The number of carboxylic acid groups (broad SMARTS) is 1. The van der Waals surface area contributed by atoms with Crippen LogP contribution in [0.2, 0.25) is 0 Å². The number of hydrogen-bond acceptors (Lipinski definition) is 10. The van der Waals surface area contributed by atoms with Gasteiger partial charge >= 0.3 is 17.9 Å². The fourth-order valence-corrected chi connectivity index (χ4v) is 6.69. The number of ether oxygens (including phenoxy) is 2. The topological polar surface area (TPSA) is 206 Å². The Hall–Kier alpha value is -3.55. The quantitative estimate of drug-likeness (QED) is 0.0307. The van der Waals surface area contributed by atoms with Crippen LogP contribution in [0.3, 0.4) is 0 Å². The highest BCUT2D eigenvalue weighted by Gasteiger charge is 2.24. The van der Waals surface area contributed by atoms with Crippen LogP contribution in [0.15, 0.2) is 0 Å². The molecule has 59 heavy (non-hydrogen) atoms. The Morgan fingerprint density at radius 3 is 1.42 bits per heavy atom. The van der Waals surface area contributed by atoms with Crippen molar-refractivity contribution in [3.05, 3.63) is 0 Å². The number of unbranched alkanes of at least 4 members (excludes halogenated alkanes) is 14. The molecule has 5 N–H and O–H groups in total. The third kappa shape index (κ3) is 33.9. The number of aliphatic carboxylic acids is 1. The van der Waals surface area contributed by atoms with Crippen molar-refractivity contribution in [2.75, 3.05) is 26.8 Å². The van der Waals surface area contributed by atoms with Gasteiger partial charge in [0.2, 0.25) is 17.7 Å². The third-order valence-electron chi connectivity index (χ3n) is 10.2. The second-order valence-corrected chi connectivity index (χ2v) is 16.4. The van der Waals surface area contributed by atoms with Gasteiger partial charge in [-0.1, -0.05) is 78.6 Å². The second-order valence-electron chi connectivity index (χ2n) is 16.4. The molecule has 0 aliphatic heterocycles. The largest absolute Gasteiger partial charge is 0.480 e. The Labute approximate surface area is 355 Å². The Kier molecular flexibility index (Phi) is 35.2. The van der Waals surface area contributed by atoms with Gasteiger partial charge in [-0.25, -0.2) is 9.59 Å². The summed E-state index contributed by atoms with van der Waals surface area (Å²) in [5.74, 6) is -1.54. The summed E-state index contributed by atoms with van der Waals surface area (Å²) in [7, 11) is 1.63. The maximum absolute atomic E-state index is 12.8. The third-order valence-corrected chi connectivity index (χ3v) is 10.2. The summed E-state index contributed by atoms with van der Waals surface area (Å²) in [6.45, 7) is 8.63. The number of nitrogens with one attached hydrogen (secondary N) is 4. The lowest BCUT2D eigenvalue weighted by atomic mass is 10.0. The molecule has 3 atom stereocenters. The summed E-state index contributed by atoms with van der Waals surface area (Å²) < 4.78 is 11.0. The van der Waals surface area contributed by atoms with Crippen LogP contribution < -0.4 is 21.3 Å². The summed E-state index contributed by atoms with van der Waals surface area (Å²) in [5.41, 5.74) is 0. The molecule has 3 unspecified atom stereocenters. The van der Waals surface area contributed by atoms with Crippen molar-refractivity contribution in [2.45, 2.75) is 213 Å². The molecule has 0 radical (unpaired) electrons. The van der Waals surface area contributed by atoms with Gasteiger partial charge in [0.15, 0.2) is 0 Å². The molecular formula is C45H82N4O10. The van der Waals surface area contributed by atoms with Gasteiger partial charge in [0, 0.05) is 32.2 Å². The lowest BCUT2D eigenvalue weighted by molar-refractivity contribution is -0.149. The van der Waals surface area contributed by atoms with Crippen LogP contribution in [0.25, 0.3) is 0 Å². The summed E-state index contributed by atoms with van der Waals surface area (Å²) in [6, 6.07) is -1.88. The molecule has 0 saturated heterocycles. The highest BCUT2D eigenvalue weighted by Crippen LogP contribution is 2.13. The molecule has 0 aromatic rings. The first-order valence-corrected chi connectivity index (χ1v) is 22.9. The second kappa shape index (κ2) is 37.4. The van der Waals surface area contributed by atoms with Crippen molar-refractivity contribution in [3.8, 4) is 0 Å². The summed E-state index contributed by atoms with van der Waals surface area (Å²) in [5, 5.41) is 20.4. The van der Waals surface area contributed by atoms with Crippen molar-refractivity contribution in [1.29, 1.82) is 0 Å². The number of carbonyl (C=O) groups is 7. The SMILES string of the molecule is CCCC(NC(=O)CCCCCCCCC(C)=O)C(=O)OCCCCCCOC(=O)C(CC(C)C)NC(=O)CCCCCCCCC(=O)NCCCCC(NC)C(=O)O. The maximum atomic E-state index is 12.8. The van der Waals surface area contributed by atoms with Gasteiger partial charge < -0.3 is 40.6 Å². The van der Waals surface area contributed by atoms with Crippen LogP contribution in [-0.4, -0.2) is 91.5 Å². The van der Waals surface area contributed by atoms with E-state index in [-0.39, 0.29) is 42.6 Å². The van der Waals surface area contributed by atoms with Crippen molar-refractivity contribution in [2.24, 2.45) is 5.92 Å². The number of Topliss-reactive ketones (excluding diaryl/α,β-unsaturated/α-hetero) is 1. The fraction of sp³-hybridized carbons (Fsp3) is 0.844. The molecule has 14 nitrogen and oxygen atoms in total. The van der Waals surface area contributed by atoms with Crippen molar-refractivity contribution in [3.63, 3.8) is 0 Å².